The smallest absolute Gasteiger partial charge is 0.294 e. The summed E-state index contributed by atoms with van der Waals surface area (Å²) in [6.07, 6.45) is 2.40. The van der Waals surface area contributed by atoms with Gasteiger partial charge in [0.2, 0.25) is 5.91 Å². The van der Waals surface area contributed by atoms with E-state index in [2.05, 4.69) is 5.10 Å². The molecule has 1 unspecified atom stereocenters. The number of amides is 1. The molecule has 82 valence electrons. The van der Waals surface area contributed by atoms with Crippen LogP contribution in [0.25, 0.3) is 0 Å². The lowest BCUT2D eigenvalue weighted by Gasteiger charge is -2.08. The Morgan fingerprint density at radius 3 is 3.00 bits per heavy atom. The summed E-state index contributed by atoms with van der Waals surface area (Å²) in [6, 6.07) is 0. The van der Waals surface area contributed by atoms with Crippen LogP contribution in [0, 0.1) is 16.0 Å². The minimum atomic E-state index is -0.544. The second-order valence-corrected chi connectivity index (χ2v) is 3.09. The number of carbonyl (C=O) groups is 1. The Bertz CT molecular complexity index is 374. The third-order valence-corrected chi connectivity index (χ3v) is 1.88. The maximum Gasteiger partial charge on any atom is 0.306 e. The van der Waals surface area contributed by atoms with Crippen LogP contribution in [0.2, 0.25) is 0 Å². The van der Waals surface area contributed by atoms with Gasteiger partial charge in [0.05, 0.1) is 17.4 Å². The minimum absolute atomic E-state index is 0.102. The van der Waals surface area contributed by atoms with Crippen LogP contribution in [0.3, 0.4) is 0 Å². The van der Waals surface area contributed by atoms with Crippen LogP contribution in [-0.4, -0.2) is 20.6 Å². The van der Waals surface area contributed by atoms with Gasteiger partial charge in [0.1, 0.15) is 12.4 Å². The SMILES string of the molecule is CC(Cn1cc([N+](=O)[O-])cn1)C(=O)NN. The fraction of sp³-hybridized carbons (Fsp3) is 0.429. The van der Waals surface area contributed by atoms with Crippen LogP contribution < -0.4 is 11.3 Å². The topological polar surface area (TPSA) is 116 Å². The van der Waals surface area contributed by atoms with E-state index < -0.39 is 10.8 Å². The van der Waals surface area contributed by atoms with Gasteiger partial charge in [-0.05, 0) is 0 Å². The number of rotatable bonds is 4. The lowest BCUT2D eigenvalue weighted by atomic mass is 10.2. The second-order valence-electron chi connectivity index (χ2n) is 3.09. The molecule has 1 rings (SSSR count). The molecule has 15 heavy (non-hydrogen) atoms. The number of nitrogens with two attached hydrogens (primary N) is 1. The highest BCUT2D eigenvalue weighted by Gasteiger charge is 2.15. The van der Waals surface area contributed by atoms with Crippen LogP contribution in [-0.2, 0) is 11.3 Å². The molecule has 1 amide bonds. The maximum absolute atomic E-state index is 11.0. The molecule has 0 spiro atoms. The average Bonchev–Trinajstić information content (AvgIpc) is 2.65. The molecule has 1 aromatic rings. The number of hydrazine groups is 1. The zero-order chi connectivity index (χ0) is 11.4. The van der Waals surface area contributed by atoms with Gasteiger partial charge in [0, 0.05) is 0 Å². The third kappa shape index (κ3) is 2.74. The molecule has 1 heterocycles. The van der Waals surface area contributed by atoms with E-state index in [-0.39, 0.29) is 18.1 Å². The van der Waals surface area contributed by atoms with Crippen molar-refractivity contribution in [2.24, 2.45) is 11.8 Å². The van der Waals surface area contributed by atoms with Crippen molar-refractivity contribution in [2.75, 3.05) is 0 Å². The summed E-state index contributed by atoms with van der Waals surface area (Å²) in [5, 5.41) is 14.1. The number of nitrogens with one attached hydrogen (secondary N) is 1. The molecule has 0 aromatic carbocycles. The minimum Gasteiger partial charge on any atom is -0.294 e. The van der Waals surface area contributed by atoms with Crippen molar-refractivity contribution in [3.8, 4) is 0 Å². The third-order valence-electron chi connectivity index (χ3n) is 1.88. The molecule has 0 aliphatic heterocycles. The summed E-state index contributed by atoms with van der Waals surface area (Å²) in [7, 11) is 0. The van der Waals surface area contributed by atoms with Gasteiger partial charge in [-0.1, -0.05) is 6.92 Å². The molecule has 0 saturated carbocycles. The summed E-state index contributed by atoms with van der Waals surface area (Å²) in [4.78, 5) is 20.8. The van der Waals surface area contributed by atoms with Crippen molar-refractivity contribution >= 4 is 11.6 Å². The van der Waals surface area contributed by atoms with Crippen molar-refractivity contribution in [1.29, 1.82) is 0 Å². The molecule has 8 heteroatoms. The van der Waals surface area contributed by atoms with Crippen LogP contribution in [0.15, 0.2) is 12.4 Å². The molecule has 0 saturated heterocycles. The lowest BCUT2D eigenvalue weighted by molar-refractivity contribution is -0.385. The predicted molar refractivity (Wildman–Crippen MR) is 50.4 cm³/mol. The molecule has 0 radical (unpaired) electrons. The highest BCUT2D eigenvalue weighted by Crippen LogP contribution is 2.09. The van der Waals surface area contributed by atoms with Gasteiger partial charge in [-0.2, -0.15) is 5.10 Å². The van der Waals surface area contributed by atoms with Gasteiger partial charge in [-0.25, -0.2) is 5.84 Å². The van der Waals surface area contributed by atoms with E-state index in [0.29, 0.717) is 0 Å². The Labute approximate surface area is 85.2 Å². The number of nitrogens with zero attached hydrogens (tertiary/aromatic N) is 3. The fourth-order valence-corrected chi connectivity index (χ4v) is 1.05. The first-order valence-electron chi connectivity index (χ1n) is 4.22. The van der Waals surface area contributed by atoms with E-state index in [1.54, 1.807) is 6.92 Å². The van der Waals surface area contributed by atoms with Crippen molar-refractivity contribution < 1.29 is 9.72 Å². The maximum atomic E-state index is 11.0. The predicted octanol–water partition coefficient (Wildman–Crippen LogP) is -0.583. The van der Waals surface area contributed by atoms with Gasteiger partial charge in [-0.15, -0.1) is 0 Å². The van der Waals surface area contributed by atoms with E-state index in [4.69, 9.17) is 5.84 Å². The van der Waals surface area contributed by atoms with E-state index in [0.717, 1.165) is 6.20 Å². The van der Waals surface area contributed by atoms with Crippen LogP contribution in [0.4, 0.5) is 5.69 Å². The van der Waals surface area contributed by atoms with E-state index in [9.17, 15) is 14.9 Å². The van der Waals surface area contributed by atoms with Gasteiger partial charge < -0.3 is 0 Å². The highest BCUT2D eigenvalue weighted by atomic mass is 16.6. The van der Waals surface area contributed by atoms with E-state index >= 15 is 0 Å². The van der Waals surface area contributed by atoms with Crippen molar-refractivity contribution in [2.45, 2.75) is 13.5 Å². The number of nitro groups is 1. The monoisotopic (exact) mass is 213 g/mol. The molecular weight excluding hydrogens is 202 g/mol. The van der Waals surface area contributed by atoms with Crippen LogP contribution >= 0.6 is 0 Å². The molecule has 3 N–H and O–H groups in total. The van der Waals surface area contributed by atoms with Crippen molar-refractivity contribution in [1.82, 2.24) is 15.2 Å². The van der Waals surface area contributed by atoms with Crippen molar-refractivity contribution in [3.05, 3.63) is 22.5 Å². The quantitative estimate of drug-likeness (QED) is 0.300. The molecular formula is C7H11N5O3. The molecule has 0 fully saturated rings. The summed E-state index contributed by atoms with van der Waals surface area (Å²) in [5.41, 5.74) is 1.90. The van der Waals surface area contributed by atoms with Gasteiger partial charge in [0.25, 0.3) is 0 Å². The Morgan fingerprint density at radius 2 is 2.53 bits per heavy atom. The summed E-state index contributed by atoms with van der Waals surface area (Å²) < 4.78 is 1.33. The summed E-state index contributed by atoms with van der Waals surface area (Å²) in [6.45, 7) is 1.90. The fourth-order valence-electron chi connectivity index (χ4n) is 1.05. The highest BCUT2D eigenvalue weighted by molar-refractivity contribution is 5.77. The number of hydrogen-bond acceptors (Lipinski definition) is 5. The molecule has 1 atom stereocenters. The van der Waals surface area contributed by atoms with Gasteiger partial charge in [0.15, 0.2) is 0 Å². The number of aromatic nitrogens is 2. The van der Waals surface area contributed by atoms with E-state index in [1.807, 2.05) is 5.43 Å². The average molecular weight is 213 g/mol. The standard InChI is InChI=1S/C7H11N5O3/c1-5(7(13)10-8)3-11-4-6(2-9-11)12(14)15/h2,4-5H,3,8H2,1H3,(H,10,13). The van der Waals surface area contributed by atoms with Crippen LogP contribution in [0.1, 0.15) is 6.92 Å². The Morgan fingerprint density at radius 1 is 1.87 bits per heavy atom. The lowest BCUT2D eigenvalue weighted by Crippen LogP contribution is -2.36. The first-order chi connectivity index (χ1) is 7.04. The Balaban J connectivity index is 2.65. The zero-order valence-electron chi connectivity index (χ0n) is 8.08. The Hall–Kier alpha value is -1.96. The summed E-state index contributed by atoms with van der Waals surface area (Å²) in [5.74, 6) is 4.21. The number of carbonyl (C=O) groups excluding carboxylic acids is 1. The first kappa shape index (κ1) is 11.1. The van der Waals surface area contributed by atoms with Gasteiger partial charge >= 0.3 is 5.69 Å². The second kappa shape index (κ2) is 4.51. The first-order valence-corrected chi connectivity index (χ1v) is 4.22. The zero-order valence-corrected chi connectivity index (χ0v) is 8.08. The molecule has 0 aliphatic rings. The number of hydrogen-bond donors (Lipinski definition) is 2. The van der Waals surface area contributed by atoms with E-state index in [1.165, 1.54) is 10.9 Å². The summed E-state index contributed by atoms with van der Waals surface area (Å²) >= 11 is 0. The molecule has 0 bridgehead atoms. The van der Waals surface area contributed by atoms with Crippen LogP contribution in [0.5, 0.6) is 0 Å². The molecule has 0 aliphatic carbocycles. The Kier molecular flexibility index (Phi) is 3.34. The van der Waals surface area contributed by atoms with Gasteiger partial charge in [-0.3, -0.25) is 25.0 Å². The molecule has 1 aromatic heterocycles. The molecule has 8 nitrogen and oxygen atoms in total. The normalized spacial score (nSPS) is 12.1. The van der Waals surface area contributed by atoms with Crippen molar-refractivity contribution in [3.63, 3.8) is 0 Å². The largest absolute Gasteiger partial charge is 0.306 e.